The lowest BCUT2D eigenvalue weighted by atomic mass is 10.2. The number of halogens is 1. The van der Waals surface area contributed by atoms with E-state index in [4.69, 9.17) is 9.72 Å². The minimum Gasteiger partial charge on any atom is -0.494 e. The maximum atomic E-state index is 12.9. The van der Waals surface area contributed by atoms with Crippen molar-refractivity contribution in [1.29, 1.82) is 0 Å². The predicted molar refractivity (Wildman–Crippen MR) is 126 cm³/mol. The summed E-state index contributed by atoms with van der Waals surface area (Å²) in [5.41, 5.74) is 0.987. The topological polar surface area (TPSA) is 45.7 Å². The fourth-order valence-corrected chi connectivity index (χ4v) is 5.43. The third kappa shape index (κ3) is 5.68. The van der Waals surface area contributed by atoms with Gasteiger partial charge in [-0.1, -0.05) is 11.3 Å². The monoisotopic (exact) mass is 459 g/mol. The van der Waals surface area contributed by atoms with E-state index in [1.54, 1.807) is 35.2 Å². The Hall–Kier alpha value is -2.32. The Balaban J connectivity index is 1.23. The average molecular weight is 460 g/mol. The van der Waals surface area contributed by atoms with Crippen molar-refractivity contribution in [1.82, 2.24) is 9.88 Å². The zero-order valence-corrected chi connectivity index (χ0v) is 19.2. The van der Waals surface area contributed by atoms with Crippen LogP contribution in [0.5, 0.6) is 5.75 Å². The van der Waals surface area contributed by atoms with Crippen LogP contribution in [0.15, 0.2) is 47.4 Å². The molecule has 1 aromatic heterocycles. The third-order valence-corrected chi connectivity index (χ3v) is 7.36. The highest BCUT2D eigenvalue weighted by molar-refractivity contribution is 7.99. The van der Waals surface area contributed by atoms with Gasteiger partial charge in [0, 0.05) is 37.5 Å². The van der Waals surface area contributed by atoms with Crippen LogP contribution < -0.4 is 9.64 Å². The molecule has 2 aromatic carbocycles. The zero-order chi connectivity index (χ0) is 21.6. The summed E-state index contributed by atoms with van der Waals surface area (Å²) in [7, 11) is 0. The highest BCUT2D eigenvalue weighted by atomic mass is 32.2. The number of carbonyl (C=O) groups excluding carboxylic acids is 1. The lowest BCUT2D eigenvalue weighted by Gasteiger charge is -2.34. The molecule has 31 heavy (non-hydrogen) atoms. The predicted octanol–water partition coefficient (Wildman–Crippen LogP) is 5.06. The molecule has 5 nitrogen and oxygen atoms in total. The summed E-state index contributed by atoms with van der Waals surface area (Å²) in [6.07, 6.45) is 1.37. The van der Waals surface area contributed by atoms with Crippen LogP contribution in [0.25, 0.3) is 10.2 Å². The van der Waals surface area contributed by atoms with Gasteiger partial charge in [-0.15, -0.1) is 11.8 Å². The minimum atomic E-state index is -0.222. The van der Waals surface area contributed by atoms with E-state index in [-0.39, 0.29) is 11.7 Å². The normalized spacial score (nSPS) is 14.3. The zero-order valence-electron chi connectivity index (χ0n) is 17.6. The Kier molecular flexibility index (Phi) is 7.29. The van der Waals surface area contributed by atoms with Crippen LogP contribution in [0, 0.1) is 5.82 Å². The van der Waals surface area contributed by atoms with Crippen molar-refractivity contribution < 1.29 is 13.9 Å². The Bertz CT molecular complexity index is 1020. The number of piperazine rings is 1. The molecule has 164 valence electrons. The minimum absolute atomic E-state index is 0.213. The molecule has 0 unspecified atom stereocenters. The quantitative estimate of drug-likeness (QED) is 0.348. The van der Waals surface area contributed by atoms with Crippen molar-refractivity contribution in [3.63, 3.8) is 0 Å². The van der Waals surface area contributed by atoms with E-state index in [9.17, 15) is 9.18 Å². The Morgan fingerprint density at radius 1 is 1.16 bits per heavy atom. The summed E-state index contributed by atoms with van der Waals surface area (Å²) >= 11 is 3.33. The van der Waals surface area contributed by atoms with Gasteiger partial charge in [-0.3, -0.25) is 4.79 Å². The van der Waals surface area contributed by atoms with Gasteiger partial charge in [0.05, 0.1) is 16.8 Å². The highest BCUT2D eigenvalue weighted by Gasteiger charge is 2.23. The lowest BCUT2D eigenvalue weighted by Crippen LogP contribution is -2.48. The summed E-state index contributed by atoms with van der Waals surface area (Å²) in [6, 6.07) is 12.5. The van der Waals surface area contributed by atoms with Crippen LogP contribution in [-0.4, -0.2) is 54.3 Å². The van der Waals surface area contributed by atoms with Crippen molar-refractivity contribution in [3.8, 4) is 5.75 Å². The van der Waals surface area contributed by atoms with Crippen LogP contribution in [0.1, 0.15) is 19.8 Å². The molecule has 0 spiro atoms. The molecule has 0 N–H and O–H groups in total. The van der Waals surface area contributed by atoms with E-state index in [1.165, 1.54) is 12.1 Å². The molecule has 2 heterocycles. The number of aromatic nitrogens is 1. The molecule has 1 fully saturated rings. The standard InChI is InChI=1S/C23H26FN3O2S2/c1-2-29-18-7-10-20-21(16-18)31-23(25-20)27-13-11-26(12-14-27)22(28)4-3-15-30-19-8-5-17(24)6-9-19/h5-10,16H,2-4,11-15H2,1H3. The smallest absolute Gasteiger partial charge is 0.222 e. The van der Waals surface area contributed by atoms with Gasteiger partial charge in [0.1, 0.15) is 11.6 Å². The van der Waals surface area contributed by atoms with Gasteiger partial charge in [0.2, 0.25) is 5.91 Å². The summed E-state index contributed by atoms with van der Waals surface area (Å²) in [4.78, 5) is 22.6. The van der Waals surface area contributed by atoms with Gasteiger partial charge >= 0.3 is 0 Å². The summed E-state index contributed by atoms with van der Waals surface area (Å²) in [6.45, 7) is 5.68. The molecule has 1 saturated heterocycles. The average Bonchev–Trinajstić information content (AvgIpc) is 3.21. The molecular weight excluding hydrogens is 433 g/mol. The van der Waals surface area contributed by atoms with Crippen LogP contribution in [0.3, 0.4) is 0 Å². The Morgan fingerprint density at radius 2 is 1.94 bits per heavy atom. The van der Waals surface area contributed by atoms with Gasteiger partial charge in [-0.2, -0.15) is 0 Å². The number of ether oxygens (including phenoxy) is 1. The molecule has 0 radical (unpaired) electrons. The first-order valence-corrected chi connectivity index (χ1v) is 12.4. The van der Waals surface area contributed by atoms with Crippen LogP contribution in [0.2, 0.25) is 0 Å². The van der Waals surface area contributed by atoms with Gasteiger partial charge in [0.25, 0.3) is 0 Å². The Morgan fingerprint density at radius 3 is 2.68 bits per heavy atom. The van der Waals surface area contributed by atoms with Crippen LogP contribution in [0.4, 0.5) is 9.52 Å². The van der Waals surface area contributed by atoms with E-state index in [0.717, 1.165) is 64.3 Å². The van der Waals surface area contributed by atoms with Crippen molar-refractivity contribution in [2.24, 2.45) is 0 Å². The number of amides is 1. The van der Waals surface area contributed by atoms with E-state index >= 15 is 0 Å². The molecule has 4 rings (SSSR count). The molecule has 3 aromatic rings. The number of anilines is 1. The Labute approximate surface area is 190 Å². The second-order valence-electron chi connectivity index (χ2n) is 7.33. The largest absolute Gasteiger partial charge is 0.494 e. The van der Waals surface area contributed by atoms with Gasteiger partial charge in [-0.25, -0.2) is 9.37 Å². The molecule has 0 atom stereocenters. The SMILES string of the molecule is CCOc1ccc2nc(N3CCN(C(=O)CCCSc4ccc(F)cc4)CC3)sc2c1. The molecule has 0 bridgehead atoms. The van der Waals surface area contributed by atoms with Crippen LogP contribution in [-0.2, 0) is 4.79 Å². The van der Waals surface area contributed by atoms with E-state index in [0.29, 0.717) is 13.0 Å². The number of nitrogens with zero attached hydrogens (tertiary/aromatic N) is 3. The fraction of sp³-hybridized carbons (Fsp3) is 0.391. The highest BCUT2D eigenvalue weighted by Crippen LogP contribution is 2.32. The van der Waals surface area contributed by atoms with Crippen molar-refractivity contribution >= 4 is 44.4 Å². The molecule has 1 aliphatic heterocycles. The first-order valence-electron chi connectivity index (χ1n) is 10.6. The van der Waals surface area contributed by atoms with E-state index in [1.807, 2.05) is 30.0 Å². The maximum absolute atomic E-state index is 12.9. The summed E-state index contributed by atoms with van der Waals surface area (Å²) in [5.74, 6) is 1.72. The van der Waals surface area contributed by atoms with E-state index < -0.39 is 0 Å². The number of hydrogen-bond acceptors (Lipinski definition) is 6. The number of thiazole rings is 1. The molecule has 0 aliphatic carbocycles. The van der Waals surface area contributed by atoms with Crippen molar-refractivity contribution in [3.05, 3.63) is 48.3 Å². The van der Waals surface area contributed by atoms with Gasteiger partial charge in [-0.05, 0) is 61.6 Å². The summed E-state index contributed by atoms with van der Waals surface area (Å²) < 4.78 is 19.7. The molecule has 8 heteroatoms. The first kappa shape index (κ1) is 21.9. The van der Waals surface area contributed by atoms with Crippen molar-refractivity contribution in [2.45, 2.75) is 24.7 Å². The molecular formula is C23H26FN3O2S2. The van der Waals surface area contributed by atoms with Crippen LogP contribution >= 0.6 is 23.1 Å². The van der Waals surface area contributed by atoms with E-state index in [2.05, 4.69) is 4.90 Å². The maximum Gasteiger partial charge on any atom is 0.222 e. The van der Waals surface area contributed by atoms with Gasteiger partial charge < -0.3 is 14.5 Å². The third-order valence-electron chi connectivity index (χ3n) is 5.18. The second-order valence-corrected chi connectivity index (χ2v) is 9.51. The first-order chi connectivity index (χ1) is 15.1. The number of thioether (sulfide) groups is 1. The molecule has 0 saturated carbocycles. The molecule has 1 aliphatic rings. The second kappa shape index (κ2) is 10.3. The lowest BCUT2D eigenvalue weighted by molar-refractivity contribution is -0.131. The number of fused-ring (bicyclic) bond motifs is 1. The van der Waals surface area contributed by atoms with Crippen molar-refractivity contribution in [2.75, 3.05) is 43.4 Å². The number of hydrogen-bond donors (Lipinski definition) is 0. The summed E-state index contributed by atoms with van der Waals surface area (Å²) in [5, 5.41) is 1.01. The van der Waals surface area contributed by atoms with Gasteiger partial charge in [0.15, 0.2) is 5.13 Å². The molecule has 1 amide bonds. The number of rotatable bonds is 8. The fourth-order valence-electron chi connectivity index (χ4n) is 3.53. The number of benzene rings is 2. The number of carbonyl (C=O) groups is 1.